The van der Waals surface area contributed by atoms with Crippen LogP contribution in [0, 0.1) is 11.3 Å². The fourth-order valence-corrected chi connectivity index (χ4v) is 2.86. The van der Waals surface area contributed by atoms with Crippen LogP contribution in [0.15, 0.2) is 17.2 Å². The van der Waals surface area contributed by atoms with Crippen LogP contribution in [-0.4, -0.2) is 33.7 Å². The Balaban J connectivity index is 2.28. The minimum Gasteiger partial charge on any atom is -0.481 e. The minimum absolute atomic E-state index is 0.136. The molecule has 0 radical (unpaired) electrons. The molecule has 116 valence electrons. The first-order chi connectivity index (χ1) is 9.89. The lowest BCUT2D eigenvalue weighted by molar-refractivity contribution is -0.147. The van der Waals surface area contributed by atoms with Crippen molar-refractivity contribution in [2.45, 2.75) is 40.2 Å². The average Bonchev–Trinajstić information content (AvgIpc) is 2.86. The highest BCUT2D eigenvalue weighted by Crippen LogP contribution is 2.35. The maximum absolute atomic E-state index is 12.5. The van der Waals surface area contributed by atoms with E-state index in [1.807, 2.05) is 11.8 Å². The number of hydrogen-bond donors (Lipinski definition) is 1. The zero-order valence-electron chi connectivity index (χ0n) is 12.9. The van der Waals surface area contributed by atoms with Crippen LogP contribution in [0.5, 0.6) is 0 Å². The zero-order valence-corrected chi connectivity index (χ0v) is 12.9. The largest absolute Gasteiger partial charge is 0.481 e. The summed E-state index contributed by atoms with van der Waals surface area (Å²) >= 11 is 0. The summed E-state index contributed by atoms with van der Waals surface area (Å²) in [5.74, 6) is -0.0501. The molecule has 1 aliphatic rings. The van der Waals surface area contributed by atoms with E-state index in [0.29, 0.717) is 44.2 Å². The van der Waals surface area contributed by atoms with Gasteiger partial charge < -0.3 is 14.6 Å². The predicted octanol–water partition coefficient (Wildman–Crippen LogP) is 1.59. The van der Waals surface area contributed by atoms with Gasteiger partial charge in [0.2, 0.25) is 0 Å². The van der Waals surface area contributed by atoms with Gasteiger partial charge in [-0.1, -0.05) is 20.8 Å². The molecule has 1 fully saturated rings. The number of aliphatic carboxylic acids is 1. The molecule has 21 heavy (non-hydrogen) atoms. The predicted molar refractivity (Wildman–Crippen MR) is 80.5 cm³/mol. The van der Waals surface area contributed by atoms with E-state index in [4.69, 9.17) is 0 Å². The van der Waals surface area contributed by atoms with Crippen molar-refractivity contribution in [3.05, 3.63) is 22.7 Å². The Bertz CT molecular complexity index is 582. The molecule has 0 aliphatic carbocycles. The lowest BCUT2D eigenvalue weighted by Crippen LogP contribution is -2.37. The Labute approximate surface area is 124 Å². The van der Waals surface area contributed by atoms with Gasteiger partial charge in [-0.05, 0) is 18.8 Å². The second kappa shape index (κ2) is 5.87. The summed E-state index contributed by atoms with van der Waals surface area (Å²) in [4.78, 5) is 30.0. The van der Waals surface area contributed by atoms with Gasteiger partial charge in [-0.15, -0.1) is 0 Å². The van der Waals surface area contributed by atoms with Crippen molar-refractivity contribution in [2.75, 3.05) is 18.0 Å². The van der Waals surface area contributed by atoms with Gasteiger partial charge in [0.1, 0.15) is 0 Å². The van der Waals surface area contributed by atoms with E-state index in [-0.39, 0.29) is 5.56 Å². The summed E-state index contributed by atoms with van der Waals surface area (Å²) < 4.78 is 1.65. The number of anilines is 1. The van der Waals surface area contributed by atoms with Crippen LogP contribution < -0.4 is 10.5 Å². The third kappa shape index (κ3) is 2.94. The molecule has 1 aromatic heterocycles. The standard InChI is InChI=1S/C15H23N3O3/c1-4-15(14(20)21)5-7-18(10-15)12-13(19)17(8-6-16-12)9-11(2)3/h6,8,11H,4-5,7,9-10H2,1-3H3,(H,20,21). The normalized spacial score (nSPS) is 22.0. The van der Waals surface area contributed by atoms with Gasteiger partial charge in [0.15, 0.2) is 5.82 Å². The topological polar surface area (TPSA) is 75.4 Å². The second-order valence-corrected chi connectivity index (χ2v) is 6.21. The van der Waals surface area contributed by atoms with Crippen molar-refractivity contribution < 1.29 is 9.90 Å². The van der Waals surface area contributed by atoms with Crippen LogP contribution >= 0.6 is 0 Å². The van der Waals surface area contributed by atoms with Gasteiger partial charge in [-0.2, -0.15) is 0 Å². The van der Waals surface area contributed by atoms with Crippen LogP contribution in [-0.2, 0) is 11.3 Å². The number of nitrogens with zero attached hydrogens (tertiary/aromatic N) is 3. The van der Waals surface area contributed by atoms with E-state index in [2.05, 4.69) is 18.8 Å². The van der Waals surface area contributed by atoms with E-state index in [1.165, 1.54) is 0 Å². The van der Waals surface area contributed by atoms with E-state index < -0.39 is 11.4 Å². The molecule has 6 heteroatoms. The Hall–Kier alpha value is -1.85. The molecule has 1 aliphatic heterocycles. The van der Waals surface area contributed by atoms with E-state index in [1.54, 1.807) is 17.0 Å². The highest BCUT2D eigenvalue weighted by Gasteiger charge is 2.44. The molecule has 1 N–H and O–H groups in total. The molecule has 0 spiro atoms. The fourth-order valence-electron chi connectivity index (χ4n) is 2.86. The summed E-state index contributed by atoms with van der Waals surface area (Å²) in [7, 11) is 0. The first-order valence-electron chi connectivity index (χ1n) is 7.43. The smallest absolute Gasteiger partial charge is 0.311 e. The van der Waals surface area contributed by atoms with Gasteiger partial charge in [-0.25, -0.2) is 4.98 Å². The average molecular weight is 293 g/mol. The fraction of sp³-hybridized carbons (Fsp3) is 0.667. The van der Waals surface area contributed by atoms with Crippen LogP contribution in [0.2, 0.25) is 0 Å². The molecular formula is C15H23N3O3. The first kappa shape index (κ1) is 15.5. The van der Waals surface area contributed by atoms with Gasteiger partial charge in [0.25, 0.3) is 5.56 Å². The lowest BCUT2D eigenvalue weighted by atomic mass is 9.84. The number of rotatable bonds is 5. The van der Waals surface area contributed by atoms with E-state index in [0.717, 1.165) is 0 Å². The van der Waals surface area contributed by atoms with Crippen molar-refractivity contribution in [2.24, 2.45) is 11.3 Å². The van der Waals surface area contributed by atoms with Crippen molar-refractivity contribution in [1.29, 1.82) is 0 Å². The van der Waals surface area contributed by atoms with Crippen molar-refractivity contribution in [3.8, 4) is 0 Å². The summed E-state index contributed by atoms with van der Waals surface area (Å²) in [5.41, 5.74) is -0.893. The van der Waals surface area contributed by atoms with Crippen LogP contribution in [0.1, 0.15) is 33.6 Å². The highest BCUT2D eigenvalue weighted by atomic mass is 16.4. The number of hydrogen-bond acceptors (Lipinski definition) is 4. The van der Waals surface area contributed by atoms with Crippen molar-refractivity contribution in [3.63, 3.8) is 0 Å². The Morgan fingerprint density at radius 3 is 2.76 bits per heavy atom. The molecule has 1 atom stereocenters. The van der Waals surface area contributed by atoms with Crippen LogP contribution in [0.3, 0.4) is 0 Å². The third-order valence-corrected chi connectivity index (χ3v) is 4.24. The Kier molecular flexibility index (Phi) is 4.34. The molecule has 0 bridgehead atoms. The number of carbonyl (C=O) groups is 1. The van der Waals surface area contributed by atoms with Crippen molar-refractivity contribution >= 4 is 11.8 Å². The summed E-state index contributed by atoms with van der Waals surface area (Å²) in [5, 5.41) is 9.44. The van der Waals surface area contributed by atoms with Crippen LogP contribution in [0.25, 0.3) is 0 Å². The molecule has 1 saturated heterocycles. The van der Waals surface area contributed by atoms with E-state index >= 15 is 0 Å². The SMILES string of the molecule is CCC1(C(=O)O)CCN(c2nccn(CC(C)C)c2=O)C1. The third-order valence-electron chi connectivity index (χ3n) is 4.24. The molecule has 1 unspecified atom stereocenters. The Morgan fingerprint density at radius 2 is 2.24 bits per heavy atom. The number of carboxylic acids is 1. The lowest BCUT2D eigenvalue weighted by Gasteiger charge is -2.23. The maximum atomic E-state index is 12.5. The van der Waals surface area contributed by atoms with Gasteiger partial charge in [-0.3, -0.25) is 9.59 Å². The van der Waals surface area contributed by atoms with Crippen molar-refractivity contribution in [1.82, 2.24) is 9.55 Å². The maximum Gasteiger partial charge on any atom is 0.311 e. The molecule has 0 aromatic carbocycles. The molecule has 6 nitrogen and oxygen atoms in total. The molecule has 0 saturated carbocycles. The molecule has 2 heterocycles. The summed E-state index contributed by atoms with van der Waals surface area (Å²) in [6.45, 7) is 7.54. The molecule has 2 rings (SSSR count). The molecule has 0 amide bonds. The highest BCUT2D eigenvalue weighted by molar-refractivity contribution is 5.76. The second-order valence-electron chi connectivity index (χ2n) is 6.21. The summed E-state index contributed by atoms with van der Waals surface area (Å²) in [6, 6.07) is 0. The molecule has 1 aromatic rings. The minimum atomic E-state index is -0.786. The van der Waals surface area contributed by atoms with Gasteiger partial charge in [0.05, 0.1) is 5.41 Å². The van der Waals surface area contributed by atoms with E-state index in [9.17, 15) is 14.7 Å². The number of aromatic nitrogens is 2. The van der Waals surface area contributed by atoms with Gasteiger partial charge in [0, 0.05) is 32.0 Å². The first-order valence-corrected chi connectivity index (χ1v) is 7.43. The van der Waals surface area contributed by atoms with Gasteiger partial charge >= 0.3 is 5.97 Å². The number of carboxylic acid groups (broad SMARTS) is 1. The Morgan fingerprint density at radius 1 is 1.52 bits per heavy atom. The monoisotopic (exact) mass is 293 g/mol. The molecular weight excluding hydrogens is 270 g/mol. The van der Waals surface area contributed by atoms with Crippen LogP contribution in [0.4, 0.5) is 5.82 Å². The quantitative estimate of drug-likeness (QED) is 0.892. The zero-order chi connectivity index (χ0) is 15.6. The summed E-state index contributed by atoms with van der Waals surface area (Å²) in [6.07, 6.45) is 4.42.